The van der Waals surface area contributed by atoms with E-state index in [-0.39, 0.29) is 82.8 Å². The molecule has 95 heavy (non-hydrogen) atoms. The average Bonchev–Trinajstić information content (AvgIpc) is 1.79. The zero-order valence-electron chi connectivity index (χ0n) is 49.7. The number of hydrogen-bond donors (Lipinski definition) is 4. The van der Waals surface area contributed by atoms with Gasteiger partial charge >= 0.3 is 56.7 Å². The van der Waals surface area contributed by atoms with E-state index in [1.54, 1.807) is 109 Å². The second-order valence-electron chi connectivity index (χ2n) is 16.5. The molecule has 4 N–H and O–H groups in total. The van der Waals surface area contributed by atoms with Crippen molar-refractivity contribution in [3.05, 3.63) is 336 Å². The van der Waals surface area contributed by atoms with Gasteiger partial charge in [0.25, 0.3) is 0 Å². The molecule has 0 bridgehead atoms. The van der Waals surface area contributed by atoms with E-state index >= 15 is 0 Å². The fourth-order valence-corrected chi connectivity index (χ4v) is 6.67. The molecule has 0 saturated heterocycles. The number of carboxylic acid groups (broad SMARTS) is 2. The first-order valence-electron chi connectivity index (χ1n) is 26.2. The largest absolute Gasteiger partial charge is 2.00 e. The van der Waals surface area contributed by atoms with Crippen molar-refractivity contribution in [2.45, 2.75) is 13.2 Å². The summed E-state index contributed by atoms with van der Waals surface area (Å²) < 4.78 is 1.67. The Bertz CT molecular complexity index is 3540. The SMILES string of the molecule is O=C(O)c1ccnc(-[n+]2ccc(COO)cc2)c1.O=C(O)c1ccnc(-c2cc(COO)ccn2)c1.[C-]#N.[C-]#N.[C-]#N.[C-]#N.[Ru+2].[Ru+2].[Ru].c1ccc(-c2ccccn2)nc1.c1ccc(-c2ccccn2)nc1.c1ccc(-c2ccccn2)nc1.c1ccncc1.c1ccncc1. The summed E-state index contributed by atoms with van der Waals surface area (Å²) in [5.41, 5.74) is 8.29. The van der Waals surface area contributed by atoms with Crippen molar-refractivity contribution >= 4 is 11.9 Å². The number of aromatic carboxylic acids is 2. The third-order valence-corrected chi connectivity index (χ3v) is 10.6. The van der Waals surface area contributed by atoms with Crippen LogP contribution in [0.4, 0.5) is 0 Å². The van der Waals surface area contributed by atoms with Gasteiger partial charge in [0.2, 0.25) is 0 Å². The number of aromatic nitrogens is 12. The number of pyridine rings is 12. The van der Waals surface area contributed by atoms with Crippen molar-refractivity contribution in [1.29, 1.82) is 21.0 Å². The molecule has 0 aliphatic heterocycles. The first-order valence-corrected chi connectivity index (χ1v) is 26.2. The standard InChI is InChI=1S/2C12H10N2O4.3C10H8N2.2C5H5N.4CN.3Ru/c15-12(16)10-1-4-13-11(7-10)14-5-2-9(3-6-14)8-18-17;15-12(16)9-2-4-14-11(6-9)10-5-8(7-18-17)1-3-13-10;3*1-3-7-11-9(5-1)10-6-2-4-8-12-10;2*1-2-4-6-5-3-1;4*1-2;;;/h1-7H,8H2,(H-,15,16,17);1-6,17H,7H2,(H,15,16);3*1-8H;2*1-5H;;;;;;;/q;;;;;;;4*-1;;2*+2/p+1. The summed E-state index contributed by atoms with van der Waals surface area (Å²) in [6.45, 7) is 19.1. The Morgan fingerprint density at radius 1 is 0.337 bits per heavy atom. The van der Waals surface area contributed by atoms with Crippen LogP contribution in [0.25, 0.3) is 51.4 Å². The Balaban J connectivity index is 0. The van der Waals surface area contributed by atoms with Gasteiger partial charge in [-0.3, -0.25) is 60.4 Å². The predicted octanol–water partition coefficient (Wildman–Crippen LogP) is 11.8. The first-order chi connectivity index (χ1) is 45.3. The van der Waals surface area contributed by atoms with Gasteiger partial charge in [-0.05, 0) is 156 Å². The molecule has 0 unspecified atom stereocenters. The summed E-state index contributed by atoms with van der Waals surface area (Å²) in [6.07, 6.45) is 25.4. The molecule has 478 valence electrons. The van der Waals surface area contributed by atoms with Crippen LogP contribution in [0.1, 0.15) is 31.8 Å². The average molecular weight is 1530 g/mol. The first kappa shape index (κ1) is 85.5. The van der Waals surface area contributed by atoms with Crippen LogP contribution in [0.2, 0.25) is 0 Å². The molecule has 0 aliphatic carbocycles. The monoisotopic (exact) mass is 1530 g/mol. The van der Waals surface area contributed by atoms with Crippen LogP contribution in [0.5, 0.6) is 0 Å². The predicted molar refractivity (Wildman–Crippen MR) is 333 cm³/mol. The van der Waals surface area contributed by atoms with Crippen molar-refractivity contribution in [2.75, 3.05) is 0 Å². The number of carbonyl (C=O) groups is 2. The van der Waals surface area contributed by atoms with E-state index in [4.69, 9.17) is 68.1 Å². The summed E-state index contributed by atoms with van der Waals surface area (Å²) in [5, 5.41) is 59.5. The van der Waals surface area contributed by atoms with Crippen LogP contribution >= 0.6 is 0 Å². The molecule has 0 spiro atoms. The molecule has 0 amide bonds. The quantitative estimate of drug-likeness (QED) is 0.0307. The van der Waals surface area contributed by atoms with E-state index in [1.807, 2.05) is 146 Å². The maximum Gasteiger partial charge on any atom is 2.00 e. The summed E-state index contributed by atoms with van der Waals surface area (Å²) in [4.78, 5) is 74.7. The Kier molecular flexibility index (Phi) is 50.7. The van der Waals surface area contributed by atoms with E-state index in [0.717, 1.165) is 39.7 Å². The second-order valence-corrected chi connectivity index (χ2v) is 16.5. The third-order valence-electron chi connectivity index (χ3n) is 10.6. The van der Waals surface area contributed by atoms with Gasteiger partial charge in [-0.1, -0.05) is 48.5 Å². The molecule has 12 aromatic heterocycles. The van der Waals surface area contributed by atoms with Gasteiger partial charge in [0, 0.05) is 99.9 Å². The molecule has 12 aromatic rings. The molecule has 0 aromatic carbocycles. The summed E-state index contributed by atoms with van der Waals surface area (Å²) in [6, 6.07) is 58.8. The zero-order valence-corrected chi connectivity index (χ0v) is 54.9. The van der Waals surface area contributed by atoms with Gasteiger partial charge in [0.15, 0.2) is 0 Å². The minimum Gasteiger partial charge on any atom is -0.512 e. The maximum absolute atomic E-state index is 10.9. The molecule has 0 saturated carbocycles. The number of rotatable bonds is 11. The van der Waals surface area contributed by atoms with E-state index < -0.39 is 11.9 Å². The summed E-state index contributed by atoms with van der Waals surface area (Å²) >= 11 is 0. The summed E-state index contributed by atoms with van der Waals surface area (Å²) in [5.74, 6) is -1.51. The van der Waals surface area contributed by atoms with Gasteiger partial charge in [0.1, 0.15) is 19.4 Å². The van der Waals surface area contributed by atoms with E-state index in [1.165, 1.54) is 36.7 Å². The van der Waals surface area contributed by atoms with Crippen LogP contribution in [-0.2, 0) is 81.4 Å². The van der Waals surface area contributed by atoms with Crippen molar-refractivity contribution in [2.24, 2.45) is 0 Å². The van der Waals surface area contributed by atoms with E-state index in [2.05, 4.69) is 64.6 Å². The van der Waals surface area contributed by atoms with Crippen LogP contribution in [0.3, 0.4) is 0 Å². The summed E-state index contributed by atoms with van der Waals surface area (Å²) in [7, 11) is 0. The fraction of sp³-hybridized carbons (Fsp3) is 0.0294. The maximum atomic E-state index is 10.9. The van der Waals surface area contributed by atoms with Gasteiger partial charge in [-0.2, -0.15) is 0 Å². The molecular formula is C68H55N16O8Ru3+. The number of nitrogens with zero attached hydrogens (tertiary/aromatic N) is 16. The van der Waals surface area contributed by atoms with Crippen molar-refractivity contribution in [3.63, 3.8) is 0 Å². The van der Waals surface area contributed by atoms with Gasteiger partial charge in [-0.25, -0.2) is 23.9 Å². The van der Waals surface area contributed by atoms with Crippen molar-refractivity contribution < 1.29 is 103 Å². The van der Waals surface area contributed by atoms with Crippen LogP contribution in [-0.4, -0.2) is 87.5 Å². The Morgan fingerprint density at radius 2 is 0.621 bits per heavy atom. The topological polar surface area (TPSA) is 374 Å². The molecule has 0 radical (unpaired) electrons. The van der Waals surface area contributed by atoms with E-state index in [9.17, 15) is 9.59 Å². The van der Waals surface area contributed by atoms with Crippen LogP contribution < -0.4 is 4.57 Å². The molecule has 0 atom stereocenters. The zero-order chi connectivity index (χ0) is 67.1. The number of hydrogen-bond acceptors (Lipinski definition) is 21. The Labute approximate surface area is 587 Å². The smallest absolute Gasteiger partial charge is 0.512 e. The van der Waals surface area contributed by atoms with Gasteiger partial charge in [-0.15, -0.1) is 0 Å². The van der Waals surface area contributed by atoms with Crippen molar-refractivity contribution in [3.8, 4) is 51.4 Å². The fourth-order valence-electron chi connectivity index (χ4n) is 6.67. The van der Waals surface area contributed by atoms with Crippen molar-refractivity contribution in [1.82, 2.24) is 54.8 Å². The molecule has 0 aliphatic rings. The molecule has 0 fully saturated rings. The molecule has 27 heteroatoms. The normalized spacial score (nSPS) is 8.65. The third kappa shape index (κ3) is 35.6. The molecule has 12 rings (SSSR count). The van der Waals surface area contributed by atoms with Gasteiger partial charge in [0.05, 0.1) is 69.1 Å². The molecule has 12 heterocycles. The second kappa shape index (κ2) is 56.4. The van der Waals surface area contributed by atoms with Gasteiger partial charge < -0.3 is 57.5 Å². The Morgan fingerprint density at radius 3 is 0.905 bits per heavy atom. The van der Waals surface area contributed by atoms with Crippen LogP contribution in [0.15, 0.2) is 287 Å². The van der Waals surface area contributed by atoms with E-state index in [0.29, 0.717) is 22.8 Å². The number of carboxylic acids is 2. The minimum atomic E-state index is -1.02. The van der Waals surface area contributed by atoms with Crippen LogP contribution in [0, 0.1) is 47.3 Å². The Hall–Kier alpha value is -11.6. The molecule has 24 nitrogen and oxygen atoms in total. The molecular weight excluding hydrogens is 1470 g/mol. The minimum absolute atomic E-state index is 0.